The first-order valence-corrected chi connectivity index (χ1v) is 21.1. The van der Waals surface area contributed by atoms with Crippen molar-refractivity contribution in [2.75, 3.05) is 0 Å². The zero-order valence-corrected chi connectivity index (χ0v) is 33.7. The van der Waals surface area contributed by atoms with E-state index < -0.39 is 5.41 Å². The molecule has 0 saturated carbocycles. The number of nitrogens with zero attached hydrogens (tertiary/aromatic N) is 2. The van der Waals surface area contributed by atoms with E-state index in [1.807, 2.05) is 30.3 Å². The molecule has 62 heavy (non-hydrogen) atoms. The molecule has 3 nitrogen and oxygen atoms in total. The number of rotatable bonds is 7. The second-order valence-electron chi connectivity index (χ2n) is 16.0. The summed E-state index contributed by atoms with van der Waals surface area (Å²) in [6, 6.07) is 82.3. The Bertz CT molecular complexity index is 3400. The molecular formula is C59H38N2O. The fraction of sp³-hybridized carbons (Fsp3) is 0.0169. The Morgan fingerprint density at radius 1 is 0.306 bits per heavy atom. The Morgan fingerprint density at radius 2 is 0.806 bits per heavy atom. The van der Waals surface area contributed by atoms with Crippen LogP contribution in [-0.2, 0) is 5.41 Å². The van der Waals surface area contributed by atoms with Gasteiger partial charge in [0, 0.05) is 27.5 Å². The topological polar surface area (TPSA) is 38.9 Å². The second kappa shape index (κ2) is 14.5. The summed E-state index contributed by atoms with van der Waals surface area (Å²) >= 11 is 0. The predicted molar refractivity (Wildman–Crippen MR) is 254 cm³/mol. The van der Waals surface area contributed by atoms with Crippen molar-refractivity contribution in [3.63, 3.8) is 0 Å². The maximum absolute atomic E-state index is 6.17. The van der Waals surface area contributed by atoms with Crippen LogP contribution in [-0.4, -0.2) is 9.97 Å². The average Bonchev–Trinajstić information content (AvgIpc) is 3.88. The molecule has 0 spiro atoms. The highest BCUT2D eigenvalue weighted by atomic mass is 16.3. The third-order valence-electron chi connectivity index (χ3n) is 12.6. The average molecular weight is 791 g/mol. The highest BCUT2D eigenvalue weighted by Crippen LogP contribution is 2.56. The van der Waals surface area contributed by atoms with Gasteiger partial charge in [-0.05, 0) is 79.9 Å². The molecule has 0 N–H and O–H groups in total. The molecule has 2 aromatic heterocycles. The van der Waals surface area contributed by atoms with Crippen molar-refractivity contribution < 1.29 is 4.42 Å². The second-order valence-corrected chi connectivity index (χ2v) is 16.0. The summed E-state index contributed by atoms with van der Waals surface area (Å²) in [6.45, 7) is 0. The fourth-order valence-corrected chi connectivity index (χ4v) is 9.76. The molecular weight excluding hydrogens is 753 g/mol. The monoisotopic (exact) mass is 790 g/mol. The van der Waals surface area contributed by atoms with Crippen molar-refractivity contribution >= 4 is 21.9 Å². The van der Waals surface area contributed by atoms with Gasteiger partial charge in [-0.25, -0.2) is 9.97 Å². The predicted octanol–water partition coefficient (Wildman–Crippen LogP) is 15.1. The van der Waals surface area contributed by atoms with Crippen LogP contribution in [0.3, 0.4) is 0 Å². The molecule has 0 atom stereocenters. The molecule has 0 fully saturated rings. The van der Waals surface area contributed by atoms with Crippen LogP contribution in [0.15, 0.2) is 235 Å². The third kappa shape index (κ3) is 5.74. The lowest BCUT2D eigenvalue weighted by molar-refractivity contribution is 0.669. The molecule has 0 saturated heterocycles. The lowest BCUT2D eigenvalue weighted by Crippen LogP contribution is -2.28. The Kier molecular flexibility index (Phi) is 8.39. The van der Waals surface area contributed by atoms with Gasteiger partial charge in [-0.3, -0.25) is 0 Å². The quantitative estimate of drug-likeness (QED) is 0.161. The van der Waals surface area contributed by atoms with Gasteiger partial charge in [0.2, 0.25) is 0 Å². The Labute approximate surface area is 360 Å². The first kappa shape index (κ1) is 35.8. The highest BCUT2D eigenvalue weighted by Gasteiger charge is 2.45. The summed E-state index contributed by atoms with van der Waals surface area (Å²) in [5.41, 5.74) is 18.4. The molecule has 0 amide bonds. The van der Waals surface area contributed by atoms with Crippen molar-refractivity contribution in [3.05, 3.63) is 253 Å². The third-order valence-corrected chi connectivity index (χ3v) is 12.6. The van der Waals surface area contributed by atoms with E-state index in [1.54, 1.807) is 0 Å². The van der Waals surface area contributed by atoms with E-state index in [-0.39, 0.29) is 0 Å². The molecule has 0 radical (unpaired) electrons. The van der Waals surface area contributed by atoms with E-state index in [4.69, 9.17) is 14.4 Å². The van der Waals surface area contributed by atoms with Gasteiger partial charge < -0.3 is 4.42 Å². The molecule has 3 heteroatoms. The summed E-state index contributed by atoms with van der Waals surface area (Å²) in [6.07, 6.45) is 0. The van der Waals surface area contributed by atoms with E-state index in [1.165, 1.54) is 33.4 Å². The van der Waals surface area contributed by atoms with Gasteiger partial charge in [0.15, 0.2) is 5.82 Å². The molecule has 12 rings (SSSR count). The van der Waals surface area contributed by atoms with E-state index in [0.717, 1.165) is 72.3 Å². The molecule has 290 valence electrons. The van der Waals surface area contributed by atoms with Gasteiger partial charge in [0.05, 0.1) is 16.8 Å². The zero-order valence-electron chi connectivity index (χ0n) is 33.7. The standard InChI is InChI=1S/C59H38N2O/c1-3-15-42(16-4-1)58-60-54(38-55(61-58)49-22-8-7-19-46(49)43-33-36-57-51(37-43)50-23-11-14-26-56(50)62-57)41-29-27-39(28-30-41)40-31-34-45(35-32-40)59(44-17-5-2-6-18-44)52-24-12-9-20-47(52)48-21-10-13-25-53(48)59/h1-38H. The lowest BCUT2D eigenvalue weighted by Gasteiger charge is -2.34. The first-order chi connectivity index (χ1) is 30.7. The summed E-state index contributed by atoms with van der Waals surface area (Å²) < 4.78 is 6.17. The maximum atomic E-state index is 6.17. The highest BCUT2D eigenvalue weighted by molar-refractivity contribution is 6.06. The molecule has 0 bridgehead atoms. The van der Waals surface area contributed by atoms with Gasteiger partial charge in [0.25, 0.3) is 0 Å². The van der Waals surface area contributed by atoms with Crippen molar-refractivity contribution in [2.24, 2.45) is 0 Å². The summed E-state index contributed by atoms with van der Waals surface area (Å²) in [4.78, 5) is 10.4. The minimum atomic E-state index is -0.420. The molecule has 0 aliphatic heterocycles. The number of hydrogen-bond donors (Lipinski definition) is 0. The van der Waals surface area contributed by atoms with Crippen LogP contribution in [0.1, 0.15) is 22.3 Å². The zero-order chi connectivity index (χ0) is 41.0. The number of fused-ring (bicyclic) bond motifs is 6. The molecule has 2 heterocycles. The van der Waals surface area contributed by atoms with Gasteiger partial charge >= 0.3 is 0 Å². The summed E-state index contributed by atoms with van der Waals surface area (Å²) in [5.74, 6) is 0.686. The van der Waals surface area contributed by atoms with Crippen LogP contribution in [0.2, 0.25) is 0 Å². The smallest absolute Gasteiger partial charge is 0.160 e. The lowest BCUT2D eigenvalue weighted by atomic mass is 9.67. The molecule has 1 aliphatic carbocycles. The van der Waals surface area contributed by atoms with Gasteiger partial charge in [-0.15, -0.1) is 0 Å². The minimum Gasteiger partial charge on any atom is -0.456 e. The van der Waals surface area contributed by atoms with Crippen molar-refractivity contribution in [3.8, 4) is 67.3 Å². The van der Waals surface area contributed by atoms with Crippen molar-refractivity contribution in [2.45, 2.75) is 5.41 Å². The molecule has 1 aliphatic rings. The summed E-state index contributed by atoms with van der Waals surface area (Å²) in [5, 5.41) is 2.21. The molecule has 9 aromatic carbocycles. The van der Waals surface area contributed by atoms with Crippen LogP contribution in [0.5, 0.6) is 0 Å². The van der Waals surface area contributed by atoms with E-state index in [0.29, 0.717) is 5.82 Å². The fourth-order valence-electron chi connectivity index (χ4n) is 9.76. The Balaban J connectivity index is 0.928. The van der Waals surface area contributed by atoms with Gasteiger partial charge in [-0.2, -0.15) is 0 Å². The molecule has 0 unspecified atom stereocenters. The maximum Gasteiger partial charge on any atom is 0.160 e. The van der Waals surface area contributed by atoms with E-state index in [2.05, 4.69) is 200 Å². The number of furan rings is 1. The molecule has 11 aromatic rings. The Hall–Kier alpha value is -8.14. The van der Waals surface area contributed by atoms with Crippen molar-refractivity contribution in [1.82, 2.24) is 9.97 Å². The van der Waals surface area contributed by atoms with Crippen LogP contribution in [0.25, 0.3) is 89.2 Å². The van der Waals surface area contributed by atoms with E-state index in [9.17, 15) is 0 Å². The van der Waals surface area contributed by atoms with Crippen LogP contribution < -0.4 is 0 Å². The van der Waals surface area contributed by atoms with Crippen LogP contribution in [0.4, 0.5) is 0 Å². The number of para-hydroxylation sites is 1. The Morgan fingerprint density at radius 3 is 1.52 bits per heavy atom. The van der Waals surface area contributed by atoms with Crippen LogP contribution >= 0.6 is 0 Å². The largest absolute Gasteiger partial charge is 0.456 e. The van der Waals surface area contributed by atoms with Crippen molar-refractivity contribution in [1.29, 1.82) is 0 Å². The van der Waals surface area contributed by atoms with Crippen LogP contribution in [0, 0.1) is 0 Å². The van der Waals surface area contributed by atoms with E-state index >= 15 is 0 Å². The number of benzene rings is 9. The number of hydrogen-bond acceptors (Lipinski definition) is 3. The normalized spacial score (nSPS) is 12.6. The SMILES string of the molecule is c1ccc(-c2nc(-c3ccc(-c4ccc(C5(c6ccccc6)c6ccccc6-c6ccccc65)cc4)cc3)cc(-c3ccccc3-c3ccc4oc5ccccc5c4c3)n2)cc1. The first-order valence-electron chi connectivity index (χ1n) is 21.1. The van der Waals surface area contributed by atoms with Gasteiger partial charge in [-0.1, -0.05) is 206 Å². The van der Waals surface area contributed by atoms with Gasteiger partial charge in [0.1, 0.15) is 11.2 Å². The summed E-state index contributed by atoms with van der Waals surface area (Å²) in [7, 11) is 0. The number of aromatic nitrogens is 2. The minimum absolute atomic E-state index is 0.420.